The Bertz CT molecular complexity index is 730. The van der Waals surface area contributed by atoms with Crippen molar-refractivity contribution in [1.82, 2.24) is 0 Å². The van der Waals surface area contributed by atoms with Crippen LogP contribution >= 0.6 is 15.9 Å². The fourth-order valence-electron chi connectivity index (χ4n) is 2.00. The lowest BCUT2D eigenvalue weighted by Crippen LogP contribution is -2.12. The molecule has 0 aliphatic heterocycles. The van der Waals surface area contributed by atoms with Crippen LogP contribution in [0.4, 0.5) is 10.1 Å². The summed E-state index contributed by atoms with van der Waals surface area (Å²) in [5.41, 5.74) is 2.72. The highest BCUT2D eigenvalue weighted by Gasteiger charge is 2.15. The minimum Gasteiger partial charge on any atom is -0.321 e. The highest BCUT2D eigenvalue weighted by molar-refractivity contribution is 9.10. The van der Waals surface area contributed by atoms with Crippen molar-refractivity contribution in [2.24, 2.45) is 0 Å². The van der Waals surface area contributed by atoms with E-state index < -0.39 is 0 Å². The molecule has 0 saturated carbocycles. The summed E-state index contributed by atoms with van der Waals surface area (Å²) in [7, 11) is 0. The van der Waals surface area contributed by atoms with Crippen LogP contribution in [0.25, 0.3) is 6.08 Å². The Labute approximate surface area is 144 Å². The summed E-state index contributed by atoms with van der Waals surface area (Å²) >= 11 is 3.49. The zero-order valence-corrected chi connectivity index (χ0v) is 14.9. The van der Waals surface area contributed by atoms with Crippen LogP contribution < -0.4 is 5.32 Å². The standard InChI is InChI=1S/C19H19BrFNO/c1-19(2,3)14-7-10-17(16(20)12-14)22-18(23)11-6-13-4-8-15(21)9-5-13/h4-12H,1-3H3,(H,22,23)/b11-6+. The van der Waals surface area contributed by atoms with Crippen LogP contribution in [0.1, 0.15) is 31.9 Å². The van der Waals surface area contributed by atoms with Gasteiger partial charge in [-0.15, -0.1) is 0 Å². The molecule has 0 radical (unpaired) electrons. The second-order valence-electron chi connectivity index (χ2n) is 6.32. The number of anilines is 1. The fraction of sp³-hybridized carbons (Fsp3) is 0.211. The van der Waals surface area contributed by atoms with E-state index in [-0.39, 0.29) is 17.1 Å². The maximum atomic E-state index is 12.8. The van der Waals surface area contributed by atoms with E-state index in [2.05, 4.69) is 42.0 Å². The molecule has 0 bridgehead atoms. The number of carbonyl (C=O) groups excluding carboxylic acids is 1. The van der Waals surface area contributed by atoms with E-state index in [1.54, 1.807) is 18.2 Å². The molecule has 0 spiro atoms. The van der Waals surface area contributed by atoms with Gasteiger partial charge in [-0.3, -0.25) is 4.79 Å². The topological polar surface area (TPSA) is 29.1 Å². The van der Waals surface area contributed by atoms with Gasteiger partial charge in [-0.1, -0.05) is 39.0 Å². The van der Waals surface area contributed by atoms with E-state index in [1.807, 2.05) is 18.2 Å². The summed E-state index contributed by atoms with van der Waals surface area (Å²) in [4.78, 5) is 12.0. The monoisotopic (exact) mass is 375 g/mol. The number of amides is 1. The van der Waals surface area contributed by atoms with Gasteiger partial charge in [0.1, 0.15) is 5.82 Å². The number of hydrogen-bond acceptors (Lipinski definition) is 1. The van der Waals surface area contributed by atoms with Crippen molar-refractivity contribution in [3.8, 4) is 0 Å². The third kappa shape index (κ3) is 5.03. The number of carbonyl (C=O) groups is 1. The Morgan fingerprint density at radius 3 is 2.35 bits per heavy atom. The lowest BCUT2D eigenvalue weighted by molar-refractivity contribution is -0.111. The quantitative estimate of drug-likeness (QED) is 0.701. The molecule has 0 aromatic heterocycles. The molecule has 2 aromatic carbocycles. The first kappa shape index (κ1) is 17.4. The van der Waals surface area contributed by atoms with Crippen molar-refractivity contribution in [2.75, 3.05) is 5.32 Å². The number of hydrogen-bond donors (Lipinski definition) is 1. The highest BCUT2D eigenvalue weighted by Crippen LogP contribution is 2.30. The van der Waals surface area contributed by atoms with Crippen molar-refractivity contribution >= 4 is 33.6 Å². The maximum Gasteiger partial charge on any atom is 0.248 e. The van der Waals surface area contributed by atoms with E-state index in [4.69, 9.17) is 0 Å². The summed E-state index contributed by atoms with van der Waals surface area (Å²) in [5, 5.41) is 2.82. The lowest BCUT2D eigenvalue weighted by atomic mass is 9.87. The number of benzene rings is 2. The molecule has 0 saturated heterocycles. The average molecular weight is 376 g/mol. The molecular weight excluding hydrogens is 357 g/mol. The molecule has 23 heavy (non-hydrogen) atoms. The summed E-state index contributed by atoms with van der Waals surface area (Å²) < 4.78 is 13.7. The summed E-state index contributed by atoms with van der Waals surface area (Å²) in [6, 6.07) is 11.9. The third-order valence-electron chi connectivity index (χ3n) is 3.39. The predicted octanol–water partition coefficient (Wildman–Crippen LogP) is 5.54. The second kappa shape index (κ2) is 7.09. The molecule has 0 fully saturated rings. The maximum absolute atomic E-state index is 12.8. The van der Waals surface area contributed by atoms with Crippen LogP contribution in [0.2, 0.25) is 0 Å². The molecule has 1 N–H and O–H groups in total. The van der Waals surface area contributed by atoms with Gasteiger partial charge in [0.15, 0.2) is 0 Å². The lowest BCUT2D eigenvalue weighted by Gasteiger charge is -2.20. The van der Waals surface area contributed by atoms with E-state index in [1.165, 1.54) is 23.8 Å². The van der Waals surface area contributed by atoms with Crippen molar-refractivity contribution in [2.45, 2.75) is 26.2 Å². The first-order chi connectivity index (χ1) is 10.8. The van der Waals surface area contributed by atoms with Crippen LogP contribution in [0.3, 0.4) is 0 Å². The van der Waals surface area contributed by atoms with Crippen LogP contribution in [-0.2, 0) is 10.2 Å². The van der Waals surface area contributed by atoms with Crippen molar-refractivity contribution < 1.29 is 9.18 Å². The average Bonchev–Trinajstić information content (AvgIpc) is 2.48. The van der Waals surface area contributed by atoms with Gasteiger partial charge >= 0.3 is 0 Å². The van der Waals surface area contributed by atoms with Gasteiger partial charge < -0.3 is 5.32 Å². The van der Waals surface area contributed by atoms with Gasteiger partial charge in [-0.05, 0) is 62.8 Å². The molecule has 0 aliphatic rings. The first-order valence-electron chi connectivity index (χ1n) is 7.30. The Morgan fingerprint density at radius 2 is 1.78 bits per heavy atom. The van der Waals surface area contributed by atoms with E-state index in [0.29, 0.717) is 5.69 Å². The normalized spacial score (nSPS) is 11.7. The van der Waals surface area contributed by atoms with Crippen LogP contribution in [-0.4, -0.2) is 5.91 Å². The Morgan fingerprint density at radius 1 is 1.13 bits per heavy atom. The minimum atomic E-state index is -0.297. The number of halogens is 2. The van der Waals surface area contributed by atoms with Crippen LogP contribution in [0.15, 0.2) is 53.0 Å². The van der Waals surface area contributed by atoms with E-state index in [9.17, 15) is 9.18 Å². The minimum absolute atomic E-state index is 0.0492. The van der Waals surface area contributed by atoms with Gasteiger partial charge in [0, 0.05) is 10.5 Å². The Hall–Kier alpha value is -1.94. The van der Waals surface area contributed by atoms with Gasteiger partial charge in [-0.2, -0.15) is 0 Å². The Kier molecular flexibility index (Phi) is 5.37. The van der Waals surface area contributed by atoms with Crippen molar-refractivity contribution in [3.63, 3.8) is 0 Å². The molecule has 2 rings (SSSR count). The summed E-state index contributed by atoms with van der Waals surface area (Å²) in [6.45, 7) is 6.41. The summed E-state index contributed by atoms with van der Waals surface area (Å²) in [6.07, 6.45) is 3.07. The molecule has 2 aromatic rings. The SMILES string of the molecule is CC(C)(C)c1ccc(NC(=O)/C=C/c2ccc(F)cc2)c(Br)c1. The zero-order valence-electron chi connectivity index (χ0n) is 13.4. The fourth-order valence-corrected chi connectivity index (χ4v) is 2.48. The van der Waals surface area contributed by atoms with Gasteiger partial charge in [0.25, 0.3) is 0 Å². The Balaban J connectivity index is 2.07. The molecule has 0 atom stereocenters. The van der Waals surface area contributed by atoms with Crippen LogP contribution in [0, 0.1) is 5.82 Å². The molecule has 1 amide bonds. The highest BCUT2D eigenvalue weighted by atomic mass is 79.9. The largest absolute Gasteiger partial charge is 0.321 e. The van der Waals surface area contributed by atoms with Gasteiger partial charge in [-0.25, -0.2) is 4.39 Å². The second-order valence-corrected chi connectivity index (χ2v) is 7.17. The molecule has 0 unspecified atom stereocenters. The van der Waals surface area contributed by atoms with Gasteiger partial charge in [0.05, 0.1) is 5.69 Å². The van der Waals surface area contributed by atoms with E-state index >= 15 is 0 Å². The number of rotatable bonds is 3. The van der Waals surface area contributed by atoms with Crippen LogP contribution in [0.5, 0.6) is 0 Å². The van der Waals surface area contributed by atoms with Crippen molar-refractivity contribution in [1.29, 1.82) is 0 Å². The summed E-state index contributed by atoms with van der Waals surface area (Å²) in [5.74, 6) is -0.534. The molecule has 0 heterocycles. The zero-order chi connectivity index (χ0) is 17.0. The first-order valence-corrected chi connectivity index (χ1v) is 8.10. The molecular formula is C19H19BrFNO. The number of nitrogens with one attached hydrogen (secondary N) is 1. The molecule has 2 nitrogen and oxygen atoms in total. The molecule has 0 aliphatic carbocycles. The smallest absolute Gasteiger partial charge is 0.248 e. The van der Waals surface area contributed by atoms with Gasteiger partial charge in [0.2, 0.25) is 5.91 Å². The van der Waals surface area contributed by atoms with Crippen molar-refractivity contribution in [3.05, 3.63) is 70.0 Å². The predicted molar refractivity (Wildman–Crippen MR) is 96.9 cm³/mol. The third-order valence-corrected chi connectivity index (χ3v) is 4.05. The molecule has 120 valence electrons. The van der Waals surface area contributed by atoms with E-state index in [0.717, 1.165) is 10.0 Å². The molecule has 4 heteroatoms.